The summed E-state index contributed by atoms with van der Waals surface area (Å²) in [6, 6.07) is 11.8. The van der Waals surface area contributed by atoms with Gasteiger partial charge in [0.1, 0.15) is 0 Å². The Morgan fingerprint density at radius 2 is 1.80 bits per heavy atom. The molecule has 0 spiro atoms. The number of nitrogens with zero attached hydrogens (tertiary/aromatic N) is 3. The minimum atomic E-state index is 0.482. The maximum absolute atomic E-state index is 5.45. The fourth-order valence-electron chi connectivity index (χ4n) is 4.42. The standard InChI is InChI=1S/C24H41N5O/c1-4-25-24(26-18-20(2)19-28-14-16-30-17-15-28)27-23-10-12-29(13-11-23)21(3)22-8-6-5-7-9-22/h5-9,20-21,23H,4,10-19H2,1-3H3,(H2,25,26,27). The molecule has 1 aromatic rings. The summed E-state index contributed by atoms with van der Waals surface area (Å²) in [5, 5.41) is 7.13. The minimum Gasteiger partial charge on any atom is -0.379 e. The highest BCUT2D eigenvalue weighted by atomic mass is 16.5. The summed E-state index contributed by atoms with van der Waals surface area (Å²) in [4.78, 5) is 9.99. The SMILES string of the molecule is CCNC(=NCC(C)CN1CCOCC1)NC1CCN(C(C)c2ccccc2)CC1. The molecule has 3 rings (SSSR count). The number of benzene rings is 1. The van der Waals surface area contributed by atoms with Gasteiger partial charge in [-0.05, 0) is 38.2 Å². The van der Waals surface area contributed by atoms with Crippen LogP contribution >= 0.6 is 0 Å². The van der Waals surface area contributed by atoms with Crippen molar-refractivity contribution in [3.05, 3.63) is 35.9 Å². The first kappa shape index (κ1) is 23.0. The van der Waals surface area contributed by atoms with Gasteiger partial charge < -0.3 is 15.4 Å². The average molecular weight is 416 g/mol. The van der Waals surface area contributed by atoms with Crippen LogP contribution in [0, 0.1) is 5.92 Å². The highest BCUT2D eigenvalue weighted by Crippen LogP contribution is 2.24. The topological polar surface area (TPSA) is 52.1 Å². The van der Waals surface area contributed by atoms with Gasteiger partial charge in [-0.1, -0.05) is 37.3 Å². The quantitative estimate of drug-likeness (QED) is 0.505. The summed E-state index contributed by atoms with van der Waals surface area (Å²) in [6.07, 6.45) is 2.32. The zero-order valence-corrected chi connectivity index (χ0v) is 19.1. The molecule has 2 unspecified atom stereocenters. The Balaban J connectivity index is 1.44. The number of morpholine rings is 1. The van der Waals surface area contributed by atoms with Crippen molar-refractivity contribution >= 4 is 5.96 Å². The third kappa shape index (κ3) is 7.25. The Morgan fingerprint density at radius 3 is 2.47 bits per heavy atom. The van der Waals surface area contributed by atoms with Gasteiger partial charge in [0.05, 0.1) is 13.2 Å². The van der Waals surface area contributed by atoms with Gasteiger partial charge in [-0.25, -0.2) is 0 Å². The third-order valence-corrected chi connectivity index (χ3v) is 6.28. The lowest BCUT2D eigenvalue weighted by Crippen LogP contribution is -2.49. The maximum Gasteiger partial charge on any atom is 0.191 e. The van der Waals surface area contributed by atoms with Gasteiger partial charge >= 0.3 is 0 Å². The smallest absolute Gasteiger partial charge is 0.191 e. The molecule has 168 valence electrons. The van der Waals surface area contributed by atoms with Gasteiger partial charge in [-0.15, -0.1) is 0 Å². The summed E-state index contributed by atoms with van der Waals surface area (Å²) in [5.41, 5.74) is 1.41. The van der Waals surface area contributed by atoms with Crippen molar-refractivity contribution in [1.82, 2.24) is 20.4 Å². The van der Waals surface area contributed by atoms with E-state index in [-0.39, 0.29) is 0 Å². The molecule has 6 nitrogen and oxygen atoms in total. The van der Waals surface area contributed by atoms with Crippen molar-refractivity contribution in [2.24, 2.45) is 10.9 Å². The highest BCUT2D eigenvalue weighted by molar-refractivity contribution is 5.80. The largest absolute Gasteiger partial charge is 0.379 e. The van der Waals surface area contributed by atoms with Crippen molar-refractivity contribution in [1.29, 1.82) is 0 Å². The Labute approximate surface area is 183 Å². The molecule has 2 aliphatic rings. The Bertz CT molecular complexity index is 624. The van der Waals surface area contributed by atoms with Crippen molar-refractivity contribution in [2.75, 3.05) is 59.0 Å². The first-order valence-electron chi connectivity index (χ1n) is 11.8. The van der Waals surface area contributed by atoms with Crippen LogP contribution in [0.1, 0.15) is 45.2 Å². The summed E-state index contributed by atoms with van der Waals surface area (Å²) in [7, 11) is 0. The number of hydrogen-bond acceptors (Lipinski definition) is 4. The van der Waals surface area contributed by atoms with E-state index < -0.39 is 0 Å². The van der Waals surface area contributed by atoms with Crippen molar-refractivity contribution in [3.8, 4) is 0 Å². The Hall–Kier alpha value is -1.63. The second-order valence-electron chi connectivity index (χ2n) is 8.78. The minimum absolute atomic E-state index is 0.482. The van der Waals surface area contributed by atoms with Gasteiger partial charge in [-0.2, -0.15) is 0 Å². The molecule has 2 fully saturated rings. The molecule has 0 radical (unpaired) electrons. The van der Waals surface area contributed by atoms with Gasteiger partial charge in [-0.3, -0.25) is 14.8 Å². The zero-order chi connectivity index (χ0) is 21.2. The highest BCUT2D eigenvalue weighted by Gasteiger charge is 2.24. The third-order valence-electron chi connectivity index (χ3n) is 6.28. The summed E-state index contributed by atoms with van der Waals surface area (Å²) in [5.74, 6) is 1.52. The molecule has 2 heterocycles. The van der Waals surface area contributed by atoms with E-state index in [2.05, 4.69) is 71.5 Å². The van der Waals surface area contributed by atoms with Crippen LogP contribution in [-0.2, 0) is 4.74 Å². The number of guanidine groups is 1. The first-order chi connectivity index (χ1) is 14.7. The summed E-state index contributed by atoms with van der Waals surface area (Å²) in [6.45, 7) is 15.7. The fraction of sp³-hybridized carbons (Fsp3) is 0.708. The lowest BCUT2D eigenvalue weighted by atomic mass is 10.0. The number of likely N-dealkylation sites (tertiary alicyclic amines) is 1. The zero-order valence-electron chi connectivity index (χ0n) is 19.1. The van der Waals surface area contributed by atoms with E-state index in [4.69, 9.17) is 9.73 Å². The van der Waals surface area contributed by atoms with Crippen molar-refractivity contribution < 1.29 is 4.74 Å². The monoisotopic (exact) mass is 415 g/mol. The molecule has 0 aliphatic carbocycles. The van der Waals surface area contributed by atoms with Gasteiger partial charge in [0.15, 0.2) is 5.96 Å². The van der Waals surface area contributed by atoms with Gasteiger partial charge in [0, 0.05) is 57.9 Å². The van der Waals surface area contributed by atoms with E-state index in [0.29, 0.717) is 18.0 Å². The molecular formula is C24H41N5O. The van der Waals surface area contributed by atoms with Crippen LogP contribution in [-0.4, -0.2) is 80.8 Å². The Morgan fingerprint density at radius 1 is 1.10 bits per heavy atom. The molecule has 0 aromatic heterocycles. The van der Waals surface area contributed by atoms with E-state index in [1.807, 2.05) is 0 Å². The molecule has 2 aliphatic heterocycles. The predicted molar refractivity (Wildman–Crippen MR) is 125 cm³/mol. The lowest BCUT2D eigenvalue weighted by Gasteiger charge is -2.37. The fourth-order valence-corrected chi connectivity index (χ4v) is 4.42. The van der Waals surface area contributed by atoms with E-state index in [9.17, 15) is 0 Å². The van der Waals surface area contributed by atoms with Crippen LogP contribution in [0.4, 0.5) is 0 Å². The first-order valence-corrected chi connectivity index (χ1v) is 11.8. The second kappa shape index (κ2) is 12.3. The molecule has 6 heteroatoms. The molecule has 2 saturated heterocycles. The number of aliphatic imine (C=N–C) groups is 1. The molecule has 1 aromatic carbocycles. The number of rotatable bonds is 8. The normalized spacial score (nSPS) is 21.9. The molecular weight excluding hydrogens is 374 g/mol. The van der Waals surface area contributed by atoms with E-state index in [0.717, 1.165) is 77.8 Å². The number of ether oxygens (including phenoxy) is 1. The molecule has 0 amide bonds. The molecule has 2 N–H and O–H groups in total. The van der Waals surface area contributed by atoms with Crippen LogP contribution in [0.15, 0.2) is 35.3 Å². The Kier molecular flexibility index (Phi) is 9.43. The molecule has 2 atom stereocenters. The molecule has 0 bridgehead atoms. The summed E-state index contributed by atoms with van der Waals surface area (Å²) < 4.78 is 5.45. The second-order valence-corrected chi connectivity index (χ2v) is 8.78. The van der Waals surface area contributed by atoms with Gasteiger partial charge in [0.2, 0.25) is 0 Å². The number of hydrogen-bond donors (Lipinski definition) is 2. The van der Waals surface area contributed by atoms with Crippen molar-refractivity contribution in [2.45, 2.75) is 45.7 Å². The van der Waals surface area contributed by atoms with Crippen molar-refractivity contribution in [3.63, 3.8) is 0 Å². The average Bonchev–Trinajstić information content (AvgIpc) is 2.79. The van der Waals surface area contributed by atoms with Crippen LogP contribution in [0.2, 0.25) is 0 Å². The van der Waals surface area contributed by atoms with E-state index in [1.165, 1.54) is 5.56 Å². The molecule has 0 saturated carbocycles. The van der Waals surface area contributed by atoms with Gasteiger partial charge in [0.25, 0.3) is 0 Å². The maximum atomic E-state index is 5.45. The van der Waals surface area contributed by atoms with Crippen LogP contribution in [0.3, 0.4) is 0 Å². The lowest BCUT2D eigenvalue weighted by molar-refractivity contribution is 0.0323. The van der Waals surface area contributed by atoms with E-state index >= 15 is 0 Å². The molecule has 30 heavy (non-hydrogen) atoms. The van der Waals surface area contributed by atoms with Crippen LogP contribution in [0.25, 0.3) is 0 Å². The summed E-state index contributed by atoms with van der Waals surface area (Å²) >= 11 is 0. The van der Waals surface area contributed by atoms with Crippen LogP contribution in [0.5, 0.6) is 0 Å². The van der Waals surface area contributed by atoms with E-state index in [1.54, 1.807) is 0 Å². The van der Waals surface area contributed by atoms with Crippen LogP contribution < -0.4 is 10.6 Å². The predicted octanol–water partition coefficient (Wildman–Crippen LogP) is 2.74. The number of nitrogens with one attached hydrogen (secondary N) is 2. The number of piperidine rings is 1.